The summed E-state index contributed by atoms with van der Waals surface area (Å²) in [6.07, 6.45) is 0. The molecule has 0 saturated heterocycles. The topological polar surface area (TPSA) is 80.3 Å². The van der Waals surface area contributed by atoms with Crippen LogP contribution in [0.25, 0.3) is 0 Å². The predicted octanol–water partition coefficient (Wildman–Crippen LogP) is -4.56. The van der Waals surface area contributed by atoms with Crippen LogP contribution < -0.4 is 58.6 Å². The van der Waals surface area contributed by atoms with Gasteiger partial charge < -0.3 is 19.8 Å². The maximum Gasteiger partial charge on any atom is 1.00 e. The first-order valence-corrected chi connectivity index (χ1v) is 7.64. The van der Waals surface area contributed by atoms with Crippen LogP contribution in [0.1, 0.15) is 38.8 Å². The molecule has 0 unspecified atom stereocenters. The summed E-state index contributed by atoms with van der Waals surface area (Å²) in [5.74, 6) is -2.09. The molecule has 0 aromatic heterocycles. The Morgan fingerprint density at radius 1 is 0.654 bits per heavy atom. The second kappa shape index (κ2) is 11.6. The summed E-state index contributed by atoms with van der Waals surface area (Å²) in [5, 5.41) is 21.4. The molecule has 0 spiro atoms. The first kappa shape index (κ1) is 27.2. The van der Waals surface area contributed by atoms with E-state index >= 15 is 0 Å². The molecule has 0 bridgehead atoms. The van der Waals surface area contributed by atoms with E-state index in [1.165, 1.54) is 0 Å². The SMILES string of the molecule is CC(C)(C(=O)[O-])c1ccccc1.CC(C)(C(=O)[O-])c1ccccc1.[Li+].[Na+]. The van der Waals surface area contributed by atoms with Crippen molar-refractivity contribution in [2.45, 2.75) is 38.5 Å². The maximum atomic E-state index is 10.7. The van der Waals surface area contributed by atoms with Crippen molar-refractivity contribution >= 4 is 11.9 Å². The molecule has 0 amide bonds. The number of hydrogen-bond donors (Lipinski definition) is 0. The Morgan fingerprint density at radius 2 is 0.885 bits per heavy atom. The fourth-order valence-corrected chi connectivity index (χ4v) is 1.95. The quantitative estimate of drug-likeness (QED) is 0.517. The zero-order valence-electron chi connectivity index (χ0n) is 16.4. The van der Waals surface area contributed by atoms with Crippen LogP contribution in [0, 0.1) is 0 Å². The molecule has 0 fully saturated rings. The van der Waals surface area contributed by atoms with Crippen molar-refractivity contribution in [2.24, 2.45) is 0 Å². The van der Waals surface area contributed by atoms with Crippen molar-refractivity contribution in [3.05, 3.63) is 71.8 Å². The summed E-state index contributed by atoms with van der Waals surface area (Å²) >= 11 is 0. The molecule has 128 valence electrons. The van der Waals surface area contributed by atoms with E-state index in [2.05, 4.69) is 0 Å². The minimum absolute atomic E-state index is 0. The van der Waals surface area contributed by atoms with Crippen LogP contribution in [0.2, 0.25) is 0 Å². The number of carbonyl (C=O) groups excluding carboxylic acids is 2. The summed E-state index contributed by atoms with van der Waals surface area (Å²) in [6.45, 7) is 6.55. The zero-order chi connectivity index (χ0) is 18.4. The van der Waals surface area contributed by atoms with Crippen molar-refractivity contribution < 1.29 is 68.2 Å². The largest absolute Gasteiger partial charge is 1.00 e. The van der Waals surface area contributed by atoms with Crippen LogP contribution in [0.15, 0.2) is 60.7 Å². The standard InChI is InChI=1S/2C10H12O2.Li.Na/c2*1-10(2,9(11)12)8-6-4-3-5-7-8;;/h2*3-7H,1-2H3,(H,11,12);;/q;;2*+1/p-2. The van der Waals surface area contributed by atoms with Gasteiger partial charge in [0.15, 0.2) is 0 Å². The van der Waals surface area contributed by atoms with Gasteiger partial charge in [0.25, 0.3) is 0 Å². The van der Waals surface area contributed by atoms with Gasteiger partial charge in [-0.25, -0.2) is 0 Å². The zero-order valence-corrected chi connectivity index (χ0v) is 18.4. The molecule has 26 heavy (non-hydrogen) atoms. The second-order valence-corrected chi connectivity index (χ2v) is 6.56. The van der Waals surface area contributed by atoms with E-state index in [9.17, 15) is 19.8 Å². The van der Waals surface area contributed by atoms with E-state index in [1.54, 1.807) is 52.0 Å². The number of carboxylic acid groups (broad SMARTS) is 2. The molecule has 0 aliphatic heterocycles. The van der Waals surface area contributed by atoms with Crippen molar-refractivity contribution in [1.82, 2.24) is 0 Å². The van der Waals surface area contributed by atoms with E-state index in [0.717, 1.165) is 11.1 Å². The van der Waals surface area contributed by atoms with Gasteiger partial charge in [0.2, 0.25) is 0 Å². The molecule has 0 N–H and O–H groups in total. The first-order valence-electron chi connectivity index (χ1n) is 7.64. The fourth-order valence-electron chi connectivity index (χ4n) is 1.95. The van der Waals surface area contributed by atoms with Gasteiger partial charge in [-0.1, -0.05) is 88.4 Å². The number of rotatable bonds is 4. The Hall–Kier alpha value is -1.02. The third-order valence-electron chi connectivity index (χ3n) is 4.01. The van der Waals surface area contributed by atoms with Crippen molar-refractivity contribution in [2.75, 3.05) is 0 Å². The van der Waals surface area contributed by atoms with Gasteiger partial charge in [-0.05, 0) is 11.1 Å². The average molecular weight is 356 g/mol. The van der Waals surface area contributed by atoms with Crippen molar-refractivity contribution in [3.63, 3.8) is 0 Å². The van der Waals surface area contributed by atoms with Crippen molar-refractivity contribution in [3.8, 4) is 0 Å². The van der Waals surface area contributed by atoms with E-state index in [1.807, 2.05) is 36.4 Å². The Bertz CT molecular complexity index is 624. The number of aliphatic carboxylic acids is 2. The fraction of sp³-hybridized carbons (Fsp3) is 0.300. The van der Waals surface area contributed by atoms with Crippen LogP contribution >= 0.6 is 0 Å². The number of carbonyl (C=O) groups is 2. The van der Waals surface area contributed by atoms with Gasteiger partial charge in [-0.15, -0.1) is 0 Å². The summed E-state index contributed by atoms with van der Waals surface area (Å²) in [7, 11) is 0. The van der Waals surface area contributed by atoms with Gasteiger partial charge in [0.1, 0.15) is 0 Å². The van der Waals surface area contributed by atoms with Crippen LogP contribution in [0.3, 0.4) is 0 Å². The van der Waals surface area contributed by atoms with Gasteiger partial charge in [0.05, 0.1) is 11.9 Å². The molecule has 2 aromatic rings. The molecule has 0 radical (unpaired) electrons. The monoisotopic (exact) mass is 356 g/mol. The third-order valence-corrected chi connectivity index (χ3v) is 4.01. The number of hydrogen-bond acceptors (Lipinski definition) is 4. The van der Waals surface area contributed by atoms with Crippen LogP contribution in [0.5, 0.6) is 0 Å². The molecule has 0 atom stereocenters. The van der Waals surface area contributed by atoms with Crippen LogP contribution in [-0.4, -0.2) is 11.9 Å². The van der Waals surface area contributed by atoms with Crippen molar-refractivity contribution in [1.29, 1.82) is 0 Å². The first-order chi connectivity index (χ1) is 11.1. The Kier molecular flexibility index (Phi) is 12.2. The normalized spacial score (nSPS) is 10.3. The third kappa shape index (κ3) is 7.31. The second-order valence-electron chi connectivity index (χ2n) is 6.56. The molecule has 0 aliphatic rings. The molecule has 6 heteroatoms. The number of benzene rings is 2. The maximum absolute atomic E-state index is 10.7. The summed E-state index contributed by atoms with van der Waals surface area (Å²) in [6, 6.07) is 18.1. The molecule has 4 nitrogen and oxygen atoms in total. The van der Waals surface area contributed by atoms with E-state index in [0.29, 0.717) is 0 Å². The van der Waals surface area contributed by atoms with E-state index in [4.69, 9.17) is 0 Å². The minimum atomic E-state index is -1.05. The summed E-state index contributed by atoms with van der Waals surface area (Å²) in [5.41, 5.74) is -0.266. The molecular weight excluding hydrogens is 334 g/mol. The van der Waals surface area contributed by atoms with E-state index < -0.39 is 22.8 Å². The molecule has 0 aliphatic carbocycles. The Balaban J connectivity index is 0. The molecule has 0 heterocycles. The van der Waals surface area contributed by atoms with Gasteiger partial charge >= 0.3 is 48.4 Å². The van der Waals surface area contributed by atoms with Crippen LogP contribution in [0.4, 0.5) is 0 Å². The molecule has 2 aromatic carbocycles. The smallest absolute Gasteiger partial charge is 0.549 e. The predicted molar refractivity (Wildman–Crippen MR) is 89.0 cm³/mol. The summed E-state index contributed by atoms with van der Waals surface area (Å²) < 4.78 is 0. The minimum Gasteiger partial charge on any atom is -0.549 e. The van der Waals surface area contributed by atoms with Gasteiger partial charge in [-0.3, -0.25) is 0 Å². The molecule has 2 rings (SSSR count). The molecule has 0 saturated carbocycles. The number of carboxylic acids is 2. The van der Waals surface area contributed by atoms with E-state index in [-0.39, 0.29) is 48.4 Å². The average Bonchev–Trinajstić information content (AvgIpc) is 2.56. The Morgan fingerprint density at radius 3 is 1.08 bits per heavy atom. The summed E-state index contributed by atoms with van der Waals surface area (Å²) in [4.78, 5) is 21.4. The van der Waals surface area contributed by atoms with Gasteiger partial charge in [-0.2, -0.15) is 0 Å². The Labute approximate surface area is 189 Å². The molecular formula is C20H22LiNaO4. The van der Waals surface area contributed by atoms with Crippen LogP contribution in [-0.2, 0) is 20.4 Å². The van der Waals surface area contributed by atoms with Gasteiger partial charge in [0, 0.05) is 10.8 Å².